The number of aromatic amines is 1. The summed E-state index contributed by atoms with van der Waals surface area (Å²) in [6.07, 6.45) is 4.70. The first-order chi connectivity index (χ1) is 6.36. The van der Waals surface area contributed by atoms with E-state index in [1.165, 1.54) is 33.8 Å². The summed E-state index contributed by atoms with van der Waals surface area (Å²) in [4.78, 5) is 3.22. The number of benzene rings is 1. The van der Waals surface area contributed by atoms with E-state index >= 15 is 0 Å². The van der Waals surface area contributed by atoms with Crippen LogP contribution in [0, 0.1) is 0 Å². The van der Waals surface area contributed by atoms with E-state index in [1.807, 2.05) is 6.20 Å². The summed E-state index contributed by atoms with van der Waals surface area (Å²) in [5.74, 6) is 0.814. The normalized spacial score (nSPS) is 16.7. The number of halogens is 1. The Kier molecular flexibility index (Phi) is 1.53. The minimum Gasteiger partial charge on any atom is -0.361 e. The number of nitrogens with one attached hydrogen (secondary N) is 1. The molecule has 1 fully saturated rings. The van der Waals surface area contributed by atoms with Crippen LogP contribution in [0.25, 0.3) is 10.9 Å². The molecule has 0 aliphatic heterocycles. The van der Waals surface area contributed by atoms with Gasteiger partial charge < -0.3 is 4.98 Å². The summed E-state index contributed by atoms with van der Waals surface area (Å²) in [7, 11) is 0. The van der Waals surface area contributed by atoms with Gasteiger partial charge in [-0.2, -0.15) is 0 Å². The van der Waals surface area contributed by atoms with Gasteiger partial charge in [0.1, 0.15) is 0 Å². The highest BCUT2D eigenvalue weighted by Crippen LogP contribution is 2.44. The molecule has 1 nitrogen and oxygen atoms in total. The molecule has 0 atom stereocenters. The van der Waals surface area contributed by atoms with Crippen molar-refractivity contribution in [3.8, 4) is 0 Å². The maximum atomic E-state index is 3.68. The Labute approximate surface area is 85.3 Å². The minimum atomic E-state index is 0.814. The summed E-state index contributed by atoms with van der Waals surface area (Å²) >= 11 is 3.68. The van der Waals surface area contributed by atoms with Crippen LogP contribution >= 0.6 is 15.9 Å². The van der Waals surface area contributed by atoms with E-state index in [4.69, 9.17) is 0 Å². The van der Waals surface area contributed by atoms with Gasteiger partial charge in [-0.05, 0) is 52.4 Å². The fourth-order valence-electron chi connectivity index (χ4n) is 1.82. The lowest BCUT2D eigenvalue weighted by Crippen LogP contribution is -1.81. The lowest BCUT2D eigenvalue weighted by molar-refractivity contribution is 1.12. The van der Waals surface area contributed by atoms with Crippen molar-refractivity contribution in [2.45, 2.75) is 18.8 Å². The first-order valence-corrected chi connectivity index (χ1v) is 5.41. The van der Waals surface area contributed by atoms with Crippen molar-refractivity contribution in [1.82, 2.24) is 4.98 Å². The van der Waals surface area contributed by atoms with Crippen molar-refractivity contribution in [1.29, 1.82) is 0 Å². The highest BCUT2D eigenvalue weighted by atomic mass is 79.9. The first-order valence-electron chi connectivity index (χ1n) is 4.62. The van der Waals surface area contributed by atoms with Crippen molar-refractivity contribution >= 4 is 26.8 Å². The van der Waals surface area contributed by atoms with Gasteiger partial charge in [0, 0.05) is 21.6 Å². The molecular formula is C11H10BrN. The topological polar surface area (TPSA) is 15.8 Å². The van der Waals surface area contributed by atoms with Crippen LogP contribution in [0.4, 0.5) is 0 Å². The molecule has 3 rings (SSSR count). The van der Waals surface area contributed by atoms with Crippen LogP contribution in [0.1, 0.15) is 24.3 Å². The molecule has 1 aromatic heterocycles. The number of fused-ring (bicyclic) bond motifs is 1. The van der Waals surface area contributed by atoms with Crippen molar-refractivity contribution in [3.05, 3.63) is 34.4 Å². The molecule has 1 aliphatic carbocycles. The van der Waals surface area contributed by atoms with Gasteiger partial charge in [-0.15, -0.1) is 0 Å². The molecule has 1 heterocycles. The van der Waals surface area contributed by atoms with Gasteiger partial charge >= 0.3 is 0 Å². The Bertz CT molecular complexity index is 454. The third kappa shape index (κ3) is 1.12. The molecule has 2 aromatic rings. The maximum absolute atomic E-state index is 3.68. The first kappa shape index (κ1) is 7.63. The predicted molar refractivity (Wildman–Crippen MR) is 58.0 cm³/mol. The highest BCUT2D eigenvalue weighted by molar-refractivity contribution is 9.10. The summed E-state index contributed by atoms with van der Waals surface area (Å²) in [6, 6.07) is 6.54. The fraction of sp³-hybridized carbons (Fsp3) is 0.273. The zero-order chi connectivity index (χ0) is 8.84. The smallest absolute Gasteiger partial charge is 0.0465 e. The second-order valence-electron chi connectivity index (χ2n) is 3.68. The second kappa shape index (κ2) is 2.61. The lowest BCUT2D eigenvalue weighted by Gasteiger charge is -2.02. The summed E-state index contributed by atoms with van der Waals surface area (Å²) in [6.45, 7) is 0. The fourth-order valence-corrected chi connectivity index (χ4v) is 2.62. The van der Waals surface area contributed by atoms with Crippen LogP contribution in [0.3, 0.4) is 0 Å². The van der Waals surface area contributed by atoms with E-state index in [1.54, 1.807) is 0 Å². The SMILES string of the molecule is Brc1c(C2CC2)ccc2[nH]ccc12. The van der Waals surface area contributed by atoms with Gasteiger partial charge in [0.15, 0.2) is 0 Å². The third-order valence-electron chi connectivity index (χ3n) is 2.72. The largest absolute Gasteiger partial charge is 0.361 e. The molecule has 0 saturated heterocycles. The molecule has 1 saturated carbocycles. The Hall–Kier alpha value is -0.760. The third-order valence-corrected chi connectivity index (χ3v) is 3.60. The molecule has 0 unspecified atom stereocenters. The van der Waals surface area contributed by atoms with Crippen molar-refractivity contribution in [3.63, 3.8) is 0 Å². The molecule has 66 valence electrons. The van der Waals surface area contributed by atoms with Crippen LogP contribution < -0.4 is 0 Å². The van der Waals surface area contributed by atoms with Gasteiger partial charge in [-0.25, -0.2) is 0 Å². The predicted octanol–water partition coefficient (Wildman–Crippen LogP) is 3.81. The molecule has 1 N–H and O–H groups in total. The summed E-state index contributed by atoms with van der Waals surface area (Å²) < 4.78 is 1.29. The summed E-state index contributed by atoms with van der Waals surface area (Å²) in [5, 5.41) is 1.31. The van der Waals surface area contributed by atoms with Gasteiger partial charge in [-0.1, -0.05) is 6.07 Å². The Balaban J connectivity index is 2.30. The van der Waals surface area contributed by atoms with E-state index in [0.717, 1.165) is 5.92 Å². The van der Waals surface area contributed by atoms with Crippen LogP contribution in [0.15, 0.2) is 28.9 Å². The average Bonchev–Trinajstić information content (AvgIpc) is 2.83. The van der Waals surface area contributed by atoms with E-state index in [9.17, 15) is 0 Å². The molecule has 0 spiro atoms. The highest BCUT2D eigenvalue weighted by Gasteiger charge is 2.26. The number of rotatable bonds is 1. The van der Waals surface area contributed by atoms with Gasteiger partial charge in [-0.3, -0.25) is 0 Å². The van der Waals surface area contributed by atoms with Crippen LogP contribution in [0.2, 0.25) is 0 Å². The van der Waals surface area contributed by atoms with Crippen molar-refractivity contribution in [2.75, 3.05) is 0 Å². The van der Waals surface area contributed by atoms with Crippen molar-refractivity contribution < 1.29 is 0 Å². The Morgan fingerprint density at radius 1 is 1.23 bits per heavy atom. The zero-order valence-corrected chi connectivity index (χ0v) is 8.76. The van der Waals surface area contributed by atoms with E-state index < -0.39 is 0 Å². The molecule has 0 radical (unpaired) electrons. The Morgan fingerprint density at radius 3 is 2.85 bits per heavy atom. The van der Waals surface area contributed by atoms with Crippen LogP contribution in [0.5, 0.6) is 0 Å². The maximum Gasteiger partial charge on any atom is 0.0465 e. The average molecular weight is 236 g/mol. The zero-order valence-electron chi connectivity index (χ0n) is 7.18. The van der Waals surface area contributed by atoms with Gasteiger partial charge in [0.2, 0.25) is 0 Å². The molecule has 0 bridgehead atoms. The molecule has 2 heteroatoms. The number of aromatic nitrogens is 1. The number of hydrogen-bond donors (Lipinski definition) is 1. The number of H-pyrrole nitrogens is 1. The molecule has 13 heavy (non-hydrogen) atoms. The van der Waals surface area contributed by atoms with Gasteiger partial charge in [0.25, 0.3) is 0 Å². The quantitative estimate of drug-likeness (QED) is 0.774. The van der Waals surface area contributed by atoms with E-state index in [-0.39, 0.29) is 0 Å². The molecular weight excluding hydrogens is 226 g/mol. The van der Waals surface area contributed by atoms with Crippen molar-refractivity contribution in [2.24, 2.45) is 0 Å². The van der Waals surface area contributed by atoms with Gasteiger partial charge in [0.05, 0.1) is 0 Å². The standard InChI is InChI=1S/C11H10BrN/c12-11-8(7-1-2-7)3-4-10-9(11)5-6-13-10/h3-7,13H,1-2H2. The number of hydrogen-bond acceptors (Lipinski definition) is 0. The molecule has 0 amide bonds. The van der Waals surface area contributed by atoms with E-state index in [0.29, 0.717) is 0 Å². The second-order valence-corrected chi connectivity index (χ2v) is 4.47. The van der Waals surface area contributed by atoms with Crippen LogP contribution in [-0.2, 0) is 0 Å². The van der Waals surface area contributed by atoms with E-state index in [2.05, 4.69) is 39.1 Å². The lowest BCUT2D eigenvalue weighted by atomic mass is 10.1. The summed E-state index contributed by atoms with van der Waals surface area (Å²) in [5.41, 5.74) is 2.70. The molecule has 1 aromatic carbocycles. The monoisotopic (exact) mass is 235 g/mol. The minimum absolute atomic E-state index is 0.814. The van der Waals surface area contributed by atoms with Crippen LogP contribution in [-0.4, -0.2) is 4.98 Å². The molecule has 1 aliphatic rings. The Morgan fingerprint density at radius 2 is 2.08 bits per heavy atom.